The number of pyridine rings is 2. The van der Waals surface area contributed by atoms with E-state index in [1.807, 2.05) is 48.5 Å². The van der Waals surface area contributed by atoms with Crippen molar-refractivity contribution in [3.8, 4) is 28.5 Å². The van der Waals surface area contributed by atoms with E-state index >= 15 is 0 Å². The molecule has 0 N–H and O–H groups in total. The van der Waals surface area contributed by atoms with Crippen molar-refractivity contribution in [1.82, 2.24) is 9.97 Å². The SMILES string of the molecule is N#Cc1cc(-c2ccncc2)cnc1-c1ccccc1. The lowest BCUT2D eigenvalue weighted by Crippen LogP contribution is -1.91. The highest BCUT2D eigenvalue weighted by Crippen LogP contribution is 2.25. The Bertz CT molecular complexity index is 759. The van der Waals surface area contributed by atoms with Crippen molar-refractivity contribution in [2.45, 2.75) is 0 Å². The van der Waals surface area contributed by atoms with Crippen LogP contribution in [0.25, 0.3) is 22.4 Å². The molecule has 0 aliphatic heterocycles. The van der Waals surface area contributed by atoms with Crippen LogP contribution < -0.4 is 0 Å². The molecule has 0 amide bonds. The maximum Gasteiger partial charge on any atom is 0.101 e. The molecule has 0 aliphatic rings. The summed E-state index contributed by atoms with van der Waals surface area (Å²) in [6, 6.07) is 17.6. The van der Waals surface area contributed by atoms with Gasteiger partial charge in [0, 0.05) is 29.7 Å². The fourth-order valence-corrected chi connectivity index (χ4v) is 2.08. The van der Waals surface area contributed by atoms with Crippen LogP contribution in [0.3, 0.4) is 0 Å². The molecular formula is C17H11N3. The van der Waals surface area contributed by atoms with Crippen LogP contribution in [0.1, 0.15) is 5.56 Å². The van der Waals surface area contributed by atoms with Crippen LogP contribution in [0.5, 0.6) is 0 Å². The first-order valence-electron chi connectivity index (χ1n) is 6.24. The van der Waals surface area contributed by atoms with E-state index in [0.717, 1.165) is 16.7 Å². The van der Waals surface area contributed by atoms with Gasteiger partial charge in [-0.15, -0.1) is 0 Å². The van der Waals surface area contributed by atoms with Crippen molar-refractivity contribution in [1.29, 1.82) is 5.26 Å². The van der Waals surface area contributed by atoms with Crippen LogP contribution in [-0.4, -0.2) is 9.97 Å². The predicted octanol–water partition coefficient (Wildman–Crippen LogP) is 3.68. The molecule has 0 unspecified atom stereocenters. The van der Waals surface area contributed by atoms with Gasteiger partial charge in [-0.05, 0) is 23.8 Å². The first-order valence-corrected chi connectivity index (χ1v) is 6.24. The summed E-state index contributed by atoms with van der Waals surface area (Å²) >= 11 is 0. The molecule has 2 aromatic heterocycles. The molecule has 0 saturated carbocycles. The first kappa shape index (κ1) is 12.1. The monoisotopic (exact) mass is 257 g/mol. The van der Waals surface area contributed by atoms with Gasteiger partial charge in [0.1, 0.15) is 6.07 Å². The second-order valence-corrected chi connectivity index (χ2v) is 4.33. The molecule has 20 heavy (non-hydrogen) atoms. The van der Waals surface area contributed by atoms with Crippen LogP contribution in [0, 0.1) is 11.3 Å². The van der Waals surface area contributed by atoms with E-state index in [-0.39, 0.29) is 0 Å². The van der Waals surface area contributed by atoms with E-state index in [9.17, 15) is 5.26 Å². The van der Waals surface area contributed by atoms with Gasteiger partial charge in [-0.1, -0.05) is 30.3 Å². The number of aromatic nitrogens is 2. The Morgan fingerprint density at radius 2 is 1.60 bits per heavy atom. The minimum Gasteiger partial charge on any atom is -0.265 e. The molecule has 3 aromatic rings. The highest BCUT2D eigenvalue weighted by molar-refractivity contribution is 5.72. The van der Waals surface area contributed by atoms with Gasteiger partial charge in [0.05, 0.1) is 11.3 Å². The maximum absolute atomic E-state index is 9.35. The lowest BCUT2D eigenvalue weighted by atomic mass is 10.0. The van der Waals surface area contributed by atoms with Crippen LogP contribution in [0.2, 0.25) is 0 Å². The number of nitrogens with zero attached hydrogens (tertiary/aromatic N) is 3. The molecule has 2 heterocycles. The Morgan fingerprint density at radius 1 is 0.850 bits per heavy atom. The van der Waals surface area contributed by atoms with Crippen LogP contribution in [0.15, 0.2) is 67.1 Å². The summed E-state index contributed by atoms with van der Waals surface area (Å²) in [4.78, 5) is 8.45. The molecule has 1 aromatic carbocycles. The Kier molecular flexibility index (Phi) is 3.22. The van der Waals surface area contributed by atoms with E-state index in [0.29, 0.717) is 11.3 Å². The summed E-state index contributed by atoms with van der Waals surface area (Å²) in [6.07, 6.45) is 5.25. The molecule has 3 heteroatoms. The molecular weight excluding hydrogens is 246 g/mol. The molecule has 0 saturated heterocycles. The highest BCUT2D eigenvalue weighted by atomic mass is 14.7. The molecule has 3 rings (SSSR count). The quantitative estimate of drug-likeness (QED) is 0.703. The highest BCUT2D eigenvalue weighted by Gasteiger charge is 2.08. The van der Waals surface area contributed by atoms with Gasteiger partial charge in [-0.25, -0.2) is 0 Å². The van der Waals surface area contributed by atoms with Gasteiger partial charge >= 0.3 is 0 Å². The molecule has 0 aliphatic carbocycles. The molecule has 0 atom stereocenters. The number of hydrogen-bond donors (Lipinski definition) is 0. The van der Waals surface area contributed by atoms with Crippen LogP contribution in [0.4, 0.5) is 0 Å². The largest absolute Gasteiger partial charge is 0.265 e. The van der Waals surface area contributed by atoms with E-state index in [4.69, 9.17) is 0 Å². The first-order chi connectivity index (χ1) is 9.88. The third-order valence-electron chi connectivity index (χ3n) is 3.07. The Hall–Kier alpha value is -2.99. The Labute approximate surface area is 117 Å². The standard InChI is InChI=1S/C17H11N3/c18-11-15-10-16(13-6-8-19-9-7-13)12-20-17(15)14-4-2-1-3-5-14/h1-10,12H. The normalized spacial score (nSPS) is 9.95. The van der Waals surface area contributed by atoms with Gasteiger partial charge in [0.15, 0.2) is 0 Å². The molecule has 94 valence electrons. The molecule has 0 bridgehead atoms. The van der Waals surface area contributed by atoms with E-state index in [1.165, 1.54) is 0 Å². The number of hydrogen-bond acceptors (Lipinski definition) is 3. The van der Waals surface area contributed by atoms with Gasteiger partial charge in [-0.2, -0.15) is 5.26 Å². The fraction of sp³-hybridized carbons (Fsp3) is 0. The van der Waals surface area contributed by atoms with Gasteiger partial charge in [-0.3, -0.25) is 9.97 Å². The lowest BCUT2D eigenvalue weighted by molar-refractivity contribution is 1.29. The van der Waals surface area contributed by atoms with Crippen LogP contribution in [-0.2, 0) is 0 Å². The number of benzene rings is 1. The zero-order valence-corrected chi connectivity index (χ0v) is 10.7. The predicted molar refractivity (Wildman–Crippen MR) is 77.6 cm³/mol. The maximum atomic E-state index is 9.35. The summed E-state index contributed by atoms with van der Waals surface area (Å²) < 4.78 is 0. The van der Waals surface area contributed by atoms with Crippen molar-refractivity contribution in [2.75, 3.05) is 0 Å². The van der Waals surface area contributed by atoms with Gasteiger partial charge in [0.2, 0.25) is 0 Å². The molecule has 0 radical (unpaired) electrons. The lowest BCUT2D eigenvalue weighted by Gasteiger charge is -2.06. The van der Waals surface area contributed by atoms with E-state index < -0.39 is 0 Å². The summed E-state index contributed by atoms with van der Waals surface area (Å²) in [5, 5.41) is 9.35. The fourth-order valence-electron chi connectivity index (χ4n) is 2.08. The van der Waals surface area contributed by atoms with Crippen molar-refractivity contribution in [2.24, 2.45) is 0 Å². The average Bonchev–Trinajstić information content (AvgIpc) is 2.56. The van der Waals surface area contributed by atoms with E-state index in [1.54, 1.807) is 18.6 Å². The average molecular weight is 257 g/mol. The zero-order chi connectivity index (χ0) is 13.8. The molecule has 3 nitrogen and oxygen atoms in total. The number of nitriles is 1. The number of rotatable bonds is 2. The minimum absolute atomic E-state index is 0.575. The summed E-state index contributed by atoms with van der Waals surface area (Å²) in [6.45, 7) is 0. The van der Waals surface area contributed by atoms with Crippen molar-refractivity contribution >= 4 is 0 Å². The van der Waals surface area contributed by atoms with Gasteiger partial charge in [0.25, 0.3) is 0 Å². The smallest absolute Gasteiger partial charge is 0.101 e. The third-order valence-corrected chi connectivity index (χ3v) is 3.07. The third kappa shape index (κ3) is 2.27. The molecule has 0 spiro atoms. The van der Waals surface area contributed by atoms with Crippen molar-refractivity contribution < 1.29 is 0 Å². The van der Waals surface area contributed by atoms with Gasteiger partial charge < -0.3 is 0 Å². The minimum atomic E-state index is 0.575. The van der Waals surface area contributed by atoms with Crippen LogP contribution >= 0.6 is 0 Å². The zero-order valence-electron chi connectivity index (χ0n) is 10.7. The topological polar surface area (TPSA) is 49.6 Å². The van der Waals surface area contributed by atoms with Crippen molar-refractivity contribution in [3.05, 3.63) is 72.7 Å². The summed E-state index contributed by atoms with van der Waals surface area (Å²) in [5.74, 6) is 0. The summed E-state index contributed by atoms with van der Waals surface area (Å²) in [7, 11) is 0. The van der Waals surface area contributed by atoms with Crippen molar-refractivity contribution in [3.63, 3.8) is 0 Å². The summed E-state index contributed by atoms with van der Waals surface area (Å²) in [5.41, 5.74) is 4.16. The van der Waals surface area contributed by atoms with E-state index in [2.05, 4.69) is 16.0 Å². The second kappa shape index (κ2) is 5.33. The Morgan fingerprint density at radius 3 is 2.30 bits per heavy atom. The molecule has 0 fully saturated rings. The Balaban J connectivity index is 2.11. The second-order valence-electron chi connectivity index (χ2n) is 4.33.